The van der Waals surface area contributed by atoms with E-state index >= 15 is 0 Å². The summed E-state index contributed by atoms with van der Waals surface area (Å²) in [5.74, 6) is 5.88. The Balaban J connectivity index is 2.15. The van der Waals surface area contributed by atoms with Crippen molar-refractivity contribution in [1.82, 2.24) is 4.57 Å². The molecular weight excluding hydrogens is 270 g/mol. The highest BCUT2D eigenvalue weighted by molar-refractivity contribution is 7.09. The summed E-state index contributed by atoms with van der Waals surface area (Å²) in [6.45, 7) is 4.63. The van der Waals surface area contributed by atoms with Gasteiger partial charge in [-0.3, -0.25) is 9.36 Å². The number of aliphatic hydroxyl groups is 1. The Morgan fingerprint density at radius 3 is 2.50 bits per heavy atom. The molecule has 1 heterocycles. The van der Waals surface area contributed by atoms with Crippen LogP contribution in [0.15, 0.2) is 29.1 Å². The fourth-order valence-corrected chi connectivity index (χ4v) is 2.70. The third kappa shape index (κ3) is 3.38. The van der Waals surface area contributed by atoms with E-state index in [1.807, 2.05) is 38.1 Å². The van der Waals surface area contributed by atoms with E-state index in [9.17, 15) is 4.79 Å². The van der Waals surface area contributed by atoms with E-state index in [4.69, 9.17) is 5.11 Å². The highest BCUT2D eigenvalue weighted by Crippen LogP contribution is 2.12. The maximum atomic E-state index is 11.8. The van der Waals surface area contributed by atoms with Crippen LogP contribution in [0.5, 0.6) is 0 Å². The Bertz CT molecular complexity index is 699. The zero-order valence-corrected chi connectivity index (χ0v) is 12.5. The molecular formula is C16H17NO2S. The van der Waals surface area contributed by atoms with Crippen LogP contribution < -0.4 is 4.87 Å². The first-order valence-electron chi connectivity index (χ1n) is 6.47. The minimum Gasteiger partial charge on any atom is -0.395 e. The number of benzene rings is 1. The molecule has 0 aliphatic rings. The van der Waals surface area contributed by atoms with E-state index < -0.39 is 0 Å². The van der Waals surface area contributed by atoms with E-state index in [1.54, 1.807) is 4.57 Å². The van der Waals surface area contributed by atoms with Gasteiger partial charge in [0.15, 0.2) is 0 Å². The summed E-state index contributed by atoms with van der Waals surface area (Å²) in [6.07, 6.45) is 0.491. The van der Waals surface area contributed by atoms with Gasteiger partial charge in [0.1, 0.15) is 0 Å². The first kappa shape index (κ1) is 14.6. The SMILES string of the molecule is Cc1sc(=O)n(Cc2ccc(C#CCCO)cc2)c1C. The highest BCUT2D eigenvalue weighted by Gasteiger charge is 2.07. The molecule has 2 aromatic rings. The van der Waals surface area contributed by atoms with Gasteiger partial charge in [0.05, 0.1) is 13.2 Å². The summed E-state index contributed by atoms with van der Waals surface area (Å²) >= 11 is 1.29. The molecule has 0 atom stereocenters. The van der Waals surface area contributed by atoms with Crippen molar-refractivity contribution >= 4 is 11.3 Å². The van der Waals surface area contributed by atoms with Gasteiger partial charge in [-0.2, -0.15) is 0 Å². The molecule has 0 unspecified atom stereocenters. The van der Waals surface area contributed by atoms with E-state index in [0.717, 1.165) is 21.7 Å². The van der Waals surface area contributed by atoms with Gasteiger partial charge in [0, 0.05) is 22.6 Å². The quantitative estimate of drug-likeness (QED) is 0.880. The van der Waals surface area contributed by atoms with Crippen LogP contribution in [0.25, 0.3) is 0 Å². The molecule has 2 rings (SSSR count). The molecule has 1 N–H and O–H groups in total. The van der Waals surface area contributed by atoms with Crippen molar-refractivity contribution in [3.8, 4) is 11.8 Å². The van der Waals surface area contributed by atoms with Crippen molar-refractivity contribution < 1.29 is 5.11 Å². The van der Waals surface area contributed by atoms with Crippen LogP contribution in [0.4, 0.5) is 0 Å². The Kier molecular flexibility index (Phi) is 4.78. The number of rotatable bonds is 3. The molecule has 0 aliphatic heterocycles. The number of nitrogens with zero attached hydrogens (tertiary/aromatic N) is 1. The second-order valence-corrected chi connectivity index (χ2v) is 5.73. The third-order valence-electron chi connectivity index (χ3n) is 3.14. The lowest BCUT2D eigenvalue weighted by atomic mass is 10.1. The number of thiazole rings is 1. The first-order valence-corrected chi connectivity index (χ1v) is 7.29. The Hall–Kier alpha value is -1.83. The van der Waals surface area contributed by atoms with Crippen molar-refractivity contribution in [3.05, 3.63) is 55.6 Å². The van der Waals surface area contributed by atoms with E-state index in [-0.39, 0.29) is 11.5 Å². The maximum Gasteiger partial charge on any atom is 0.307 e. The molecule has 0 amide bonds. The molecule has 3 nitrogen and oxygen atoms in total. The standard InChI is InChI=1S/C16H17NO2S/c1-12-13(2)20-16(19)17(12)11-15-8-6-14(7-9-15)5-3-4-10-18/h6-9,18H,4,10-11H2,1-2H3. The van der Waals surface area contributed by atoms with Gasteiger partial charge in [-0.25, -0.2) is 0 Å². The van der Waals surface area contributed by atoms with E-state index in [1.165, 1.54) is 11.3 Å². The molecule has 1 aromatic carbocycles. The molecule has 0 bridgehead atoms. The molecule has 20 heavy (non-hydrogen) atoms. The van der Waals surface area contributed by atoms with Crippen LogP contribution in [0, 0.1) is 25.7 Å². The molecule has 104 valence electrons. The predicted molar refractivity (Wildman–Crippen MR) is 82.2 cm³/mol. The van der Waals surface area contributed by atoms with Gasteiger partial charge in [-0.15, -0.1) is 0 Å². The second-order valence-electron chi connectivity index (χ2n) is 4.57. The average molecular weight is 287 g/mol. The molecule has 0 saturated heterocycles. The van der Waals surface area contributed by atoms with Gasteiger partial charge in [-0.05, 0) is 31.5 Å². The largest absolute Gasteiger partial charge is 0.395 e. The minimum atomic E-state index is 0.0881. The first-order chi connectivity index (χ1) is 9.61. The lowest BCUT2D eigenvalue weighted by Crippen LogP contribution is -2.15. The molecule has 0 aliphatic carbocycles. The molecule has 1 aromatic heterocycles. The Labute approximate surface area is 122 Å². The second kappa shape index (κ2) is 6.56. The van der Waals surface area contributed by atoms with E-state index in [2.05, 4.69) is 11.8 Å². The van der Waals surface area contributed by atoms with Crippen molar-refractivity contribution in [3.63, 3.8) is 0 Å². The van der Waals surface area contributed by atoms with Crippen LogP contribution in [0.1, 0.15) is 28.1 Å². The molecule has 0 radical (unpaired) electrons. The zero-order chi connectivity index (χ0) is 14.5. The Morgan fingerprint density at radius 2 is 1.95 bits per heavy atom. The van der Waals surface area contributed by atoms with Crippen molar-refractivity contribution in [1.29, 1.82) is 0 Å². The normalized spacial score (nSPS) is 10.2. The lowest BCUT2D eigenvalue weighted by Gasteiger charge is -2.05. The van der Waals surface area contributed by atoms with E-state index in [0.29, 0.717) is 13.0 Å². The summed E-state index contributed by atoms with van der Waals surface area (Å²) in [5, 5.41) is 8.67. The van der Waals surface area contributed by atoms with Crippen LogP contribution >= 0.6 is 11.3 Å². The fraction of sp³-hybridized carbons (Fsp3) is 0.312. The Morgan fingerprint density at radius 1 is 1.25 bits per heavy atom. The topological polar surface area (TPSA) is 42.2 Å². The summed E-state index contributed by atoms with van der Waals surface area (Å²) in [6, 6.07) is 7.86. The van der Waals surface area contributed by atoms with Gasteiger partial charge in [0.2, 0.25) is 0 Å². The number of hydrogen-bond acceptors (Lipinski definition) is 3. The van der Waals surface area contributed by atoms with Gasteiger partial charge in [-0.1, -0.05) is 35.3 Å². The number of aromatic nitrogens is 1. The molecule has 4 heteroatoms. The van der Waals surface area contributed by atoms with Gasteiger partial charge < -0.3 is 5.11 Å². The highest BCUT2D eigenvalue weighted by atomic mass is 32.1. The third-order valence-corrected chi connectivity index (χ3v) is 4.14. The number of hydrogen-bond donors (Lipinski definition) is 1. The maximum absolute atomic E-state index is 11.8. The van der Waals surface area contributed by atoms with Crippen molar-refractivity contribution in [2.45, 2.75) is 26.8 Å². The average Bonchev–Trinajstić information content (AvgIpc) is 2.67. The predicted octanol–water partition coefficient (Wildman–Crippen LogP) is 2.31. The van der Waals surface area contributed by atoms with Crippen LogP contribution in [-0.2, 0) is 6.54 Å². The van der Waals surface area contributed by atoms with Gasteiger partial charge in [0.25, 0.3) is 0 Å². The fourth-order valence-electron chi connectivity index (χ4n) is 1.87. The number of aryl methyl sites for hydroxylation is 1. The molecule has 0 saturated carbocycles. The summed E-state index contributed by atoms with van der Waals surface area (Å²) in [5.41, 5.74) is 3.04. The smallest absolute Gasteiger partial charge is 0.307 e. The number of aliphatic hydroxyl groups excluding tert-OH is 1. The lowest BCUT2D eigenvalue weighted by molar-refractivity contribution is 0.305. The minimum absolute atomic E-state index is 0.0881. The van der Waals surface area contributed by atoms with Crippen molar-refractivity contribution in [2.24, 2.45) is 0 Å². The van der Waals surface area contributed by atoms with Crippen LogP contribution in [0.2, 0.25) is 0 Å². The van der Waals surface area contributed by atoms with Gasteiger partial charge >= 0.3 is 4.87 Å². The summed E-state index contributed by atoms with van der Waals surface area (Å²) < 4.78 is 1.80. The summed E-state index contributed by atoms with van der Waals surface area (Å²) in [4.78, 5) is 13.0. The zero-order valence-electron chi connectivity index (χ0n) is 11.6. The summed E-state index contributed by atoms with van der Waals surface area (Å²) in [7, 11) is 0. The molecule has 0 fully saturated rings. The van der Waals surface area contributed by atoms with Crippen molar-refractivity contribution in [2.75, 3.05) is 6.61 Å². The van der Waals surface area contributed by atoms with Crippen LogP contribution in [-0.4, -0.2) is 16.3 Å². The molecule has 0 spiro atoms. The monoisotopic (exact) mass is 287 g/mol. The van der Waals surface area contributed by atoms with Crippen LogP contribution in [0.3, 0.4) is 0 Å².